The van der Waals surface area contributed by atoms with Crippen molar-refractivity contribution in [1.82, 2.24) is 10.2 Å². The largest absolute Gasteiger partial charge is 0.497 e. The van der Waals surface area contributed by atoms with E-state index in [9.17, 15) is 14.4 Å². The highest BCUT2D eigenvalue weighted by atomic mass is 32.2. The number of nitrogens with one attached hydrogen (secondary N) is 1. The van der Waals surface area contributed by atoms with Crippen LogP contribution in [0.25, 0.3) is 16.8 Å². The Balaban J connectivity index is 1.33. The van der Waals surface area contributed by atoms with Crippen LogP contribution in [0.2, 0.25) is 0 Å². The van der Waals surface area contributed by atoms with E-state index in [-0.39, 0.29) is 36.6 Å². The molecule has 1 heterocycles. The third-order valence-electron chi connectivity index (χ3n) is 5.18. The summed E-state index contributed by atoms with van der Waals surface area (Å²) in [7, 11) is 1.58. The van der Waals surface area contributed by atoms with E-state index in [1.807, 2.05) is 54.6 Å². The number of carbonyl (C=O) groups is 3. The first-order valence-electron chi connectivity index (χ1n) is 10.2. The normalized spacial score (nSPS) is 14.9. The summed E-state index contributed by atoms with van der Waals surface area (Å²) in [5, 5.41) is 4.60. The lowest BCUT2D eigenvalue weighted by molar-refractivity contribution is -0.124. The number of carbonyl (C=O) groups excluding carboxylic acids is 3. The third-order valence-corrected chi connectivity index (χ3v) is 6.08. The molecule has 3 aromatic carbocycles. The highest BCUT2D eigenvalue weighted by Gasteiger charge is 2.34. The van der Waals surface area contributed by atoms with Crippen LogP contribution in [-0.2, 0) is 16.0 Å². The number of thioether (sulfide) groups is 1. The Morgan fingerprint density at radius 2 is 1.78 bits per heavy atom. The van der Waals surface area contributed by atoms with Crippen LogP contribution in [0.1, 0.15) is 11.1 Å². The Morgan fingerprint density at radius 1 is 1.03 bits per heavy atom. The standard InChI is InChI=1S/C25H22N2O4S/c1-31-20-11-9-17(10-12-20)15-22-24(29)27(25(30)32-22)14-13-26-23(28)16-19-7-4-6-18-5-2-3-8-21(18)19/h2-12,15H,13-14,16H2,1H3,(H,26,28)/b22-15-. The second-order valence-corrected chi connectivity index (χ2v) is 8.26. The van der Waals surface area contributed by atoms with Crippen molar-refractivity contribution in [2.45, 2.75) is 6.42 Å². The Morgan fingerprint density at radius 3 is 2.56 bits per heavy atom. The topological polar surface area (TPSA) is 75.7 Å². The van der Waals surface area contributed by atoms with E-state index in [1.54, 1.807) is 25.3 Å². The Bertz CT molecular complexity index is 1200. The van der Waals surface area contributed by atoms with Gasteiger partial charge in [-0.05, 0) is 51.9 Å². The molecule has 162 valence electrons. The molecule has 0 aliphatic carbocycles. The lowest BCUT2D eigenvalue weighted by Crippen LogP contribution is -2.37. The van der Waals surface area contributed by atoms with Gasteiger partial charge in [0.05, 0.1) is 18.4 Å². The zero-order valence-electron chi connectivity index (χ0n) is 17.5. The number of nitrogens with zero attached hydrogens (tertiary/aromatic N) is 1. The van der Waals surface area contributed by atoms with Gasteiger partial charge in [0.25, 0.3) is 11.1 Å². The van der Waals surface area contributed by atoms with Gasteiger partial charge in [0.2, 0.25) is 5.91 Å². The van der Waals surface area contributed by atoms with Crippen molar-refractivity contribution >= 4 is 45.7 Å². The molecule has 32 heavy (non-hydrogen) atoms. The fourth-order valence-electron chi connectivity index (χ4n) is 3.53. The molecule has 1 aliphatic rings. The van der Waals surface area contributed by atoms with Crippen LogP contribution in [0.15, 0.2) is 71.6 Å². The Labute approximate surface area is 190 Å². The van der Waals surface area contributed by atoms with Gasteiger partial charge in [-0.3, -0.25) is 19.3 Å². The highest BCUT2D eigenvalue weighted by molar-refractivity contribution is 8.18. The Hall–Kier alpha value is -3.58. The predicted octanol–water partition coefficient (Wildman–Crippen LogP) is 4.24. The molecule has 4 rings (SSSR count). The van der Waals surface area contributed by atoms with Gasteiger partial charge in [-0.25, -0.2) is 0 Å². The molecule has 0 atom stereocenters. The van der Waals surface area contributed by atoms with Gasteiger partial charge in [-0.2, -0.15) is 0 Å². The summed E-state index contributed by atoms with van der Waals surface area (Å²) < 4.78 is 5.13. The fraction of sp³-hybridized carbons (Fsp3) is 0.160. The van der Waals surface area contributed by atoms with Crippen molar-refractivity contribution in [2.75, 3.05) is 20.2 Å². The molecular formula is C25H22N2O4S. The molecule has 7 heteroatoms. The zero-order chi connectivity index (χ0) is 22.5. The van der Waals surface area contributed by atoms with Gasteiger partial charge >= 0.3 is 0 Å². The lowest BCUT2D eigenvalue weighted by Gasteiger charge is -2.13. The quantitative estimate of drug-likeness (QED) is 0.550. The first kappa shape index (κ1) is 21.6. The van der Waals surface area contributed by atoms with Crippen LogP contribution >= 0.6 is 11.8 Å². The van der Waals surface area contributed by atoms with E-state index < -0.39 is 0 Å². The molecule has 0 spiro atoms. The smallest absolute Gasteiger partial charge is 0.293 e. The van der Waals surface area contributed by atoms with Gasteiger partial charge < -0.3 is 10.1 Å². The molecule has 6 nitrogen and oxygen atoms in total. The molecular weight excluding hydrogens is 424 g/mol. The van der Waals surface area contributed by atoms with Crippen molar-refractivity contribution in [3.63, 3.8) is 0 Å². The van der Waals surface area contributed by atoms with E-state index in [1.165, 1.54) is 0 Å². The van der Waals surface area contributed by atoms with Crippen molar-refractivity contribution in [3.05, 3.63) is 82.8 Å². The summed E-state index contributed by atoms with van der Waals surface area (Å²) in [5.74, 6) is 0.218. The summed E-state index contributed by atoms with van der Waals surface area (Å²) in [4.78, 5) is 38.9. The fourth-order valence-corrected chi connectivity index (χ4v) is 4.40. The number of ether oxygens (including phenoxy) is 1. The van der Waals surface area contributed by atoms with Crippen LogP contribution in [0, 0.1) is 0 Å². The molecule has 0 aromatic heterocycles. The molecule has 0 bridgehead atoms. The number of fused-ring (bicyclic) bond motifs is 1. The number of imide groups is 1. The van der Waals surface area contributed by atoms with Gasteiger partial charge in [0, 0.05) is 13.1 Å². The van der Waals surface area contributed by atoms with Crippen molar-refractivity contribution in [3.8, 4) is 5.75 Å². The molecule has 1 fully saturated rings. The molecule has 3 aromatic rings. The van der Waals surface area contributed by atoms with E-state index in [2.05, 4.69) is 5.32 Å². The maximum Gasteiger partial charge on any atom is 0.293 e. The number of methoxy groups -OCH3 is 1. The predicted molar refractivity (Wildman–Crippen MR) is 126 cm³/mol. The molecule has 1 N–H and O–H groups in total. The summed E-state index contributed by atoms with van der Waals surface area (Å²) in [6.07, 6.45) is 1.92. The number of amides is 3. The average molecular weight is 447 g/mol. The van der Waals surface area contributed by atoms with Crippen LogP contribution in [0.3, 0.4) is 0 Å². The van der Waals surface area contributed by atoms with Gasteiger partial charge in [-0.1, -0.05) is 54.6 Å². The minimum atomic E-state index is -0.348. The SMILES string of the molecule is COc1ccc(/C=C2\SC(=O)N(CCNC(=O)Cc3cccc4ccccc34)C2=O)cc1. The number of hydrogen-bond acceptors (Lipinski definition) is 5. The van der Waals surface area contributed by atoms with Gasteiger partial charge in [-0.15, -0.1) is 0 Å². The molecule has 1 aliphatic heterocycles. The second-order valence-electron chi connectivity index (χ2n) is 7.27. The Kier molecular flexibility index (Phi) is 6.56. The minimum Gasteiger partial charge on any atom is -0.497 e. The van der Waals surface area contributed by atoms with Gasteiger partial charge in [0.15, 0.2) is 0 Å². The number of rotatable bonds is 7. The summed E-state index contributed by atoms with van der Waals surface area (Å²) in [6.45, 7) is 0.337. The summed E-state index contributed by atoms with van der Waals surface area (Å²) in [6, 6.07) is 21.0. The summed E-state index contributed by atoms with van der Waals surface area (Å²) >= 11 is 0.904. The van der Waals surface area contributed by atoms with Crippen LogP contribution in [0.5, 0.6) is 5.75 Å². The first-order valence-corrected chi connectivity index (χ1v) is 11.0. The van der Waals surface area contributed by atoms with E-state index in [0.717, 1.165) is 44.3 Å². The first-order chi connectivity index (χ1) is 15.5. The van der Waals surface area contributed by atoms with E-state index in [4.69, 9.17) is 4.74 Å². The van der Waals surface area contributed by atoms with Crippen molar-refractivity contribution in [2.24, 2.45) is 0 Å². The van der Waals surface area contributed by atoms with Crippen LogP contribution < -0.4 is 10.1 Å². The molecule has 1 saturated heterocycles. The molecule has 3 amide bonds. The van der Waals surface area contributed by atoms with Crippen LogP contribution in [0.4, 0.5) is 4.79 Å². The average Bonchev–Trinajstić information content (AvgIpc) is 3.07. The second kappa shape index (κ2) is 9.70. The lowest BCUT2D eigenvalue weighted by atomic mass is 10.0. The highest BCUT2D eigenvalue weighted by Crippen LogP contribution is 2.32. The maximum absolute atomic E-state index is 12.6. The molecule has 0 radical (unpaired) electrons. The monoisotopic (exact) mass is 446 g/mol. The summed E-state index contributed by atoms with van der Waals surface area (Å²) in [5.41, 5.74) is 1.74. The number of hydrogen-bond donors (Lipinski definition) is 1. The van der Waals surface area contributed by atoms with Crippen molar-refractivity contribution < 1.29 is 19.1 Å². The van der Waals surface area contributed by atoms with Crippen molar-refractivity contribution in [1.29, 1.82) is 0 Å². The minimum absolute atomic E-state index is 0.131. The van der Waals surface area contributed by atoms with Gasteiger partial charge in [0.1, 0.15) is 5.75 Å². The maximum atomic E-state index is 12.6. The van der Waals surface area contributed by atoms with E-state index >= 15 is 0 Å². The molecule has 0 saturated carbocycles. The van der Waals surface area contributed by atoms with E-state index in [0.29, 0.717) is 4.91 Å². The zero-order valence-corrected chi connectivity index (χ0v) is 18.4. The third kappa shape index (κ3) is 4.84. The van der Waals surface area contributed by atoms with Crippen LogP contribution in [-0.4, -0.2) is 42.2 Å². The number of benzene rings is 3. The molecule has 0 unspecified atom stereocenters.